The maximum Gasteiger partial charge on any atom is 0.329 e. The molecule has 0 N–H and O–H groups in total. The van der Waals surface area contributed by atoms with E-state index in [0.29, 0.717) is 11.1 Å². The highest BCUT2D eigenvalue weighted by Crippen LogP contribution is 2.26. The predicted molar refractivity (Wildman–Crippen MR) is 87.4 cm³/mol. The Balaban J connectivity index is 1.75. The van der Waals surface area contributed by atoms with Crippen molar-refractivity contribution in [3.05, 3.63) is 71.3 Å². The highest BCUT2D eigenvalue weighted by molar-refractivity contribution is 6.22. The third-order valence-corrected chi connectivity index (χ3v) is 4.12. The number of carbonyl (C=O) groups excluding carboxylic acids is 3. The van der Waals surface area contributed by atoms with Gasteiger partial charge in [-0.2, -0.15) is 0 Å². The molecular formula is C19H17NO4. The van der Waals surface area contributed by atoms with Crippen LogP contribution in [0.5, 0.6) is 0 Å². The molecule has 0 aliphatic carbocycles. The SMILES string of the molecule is C[C@H](OC(=O)[C@H](C)N1C(=O)c2ccccc2C1=O)c1ccccc1. The van der Waals surface area contributed by atoms with Crippen molar-refractivity contribution in [2.75, 3.05) is 0 Å². The molecule has 0 aromatic heterocycles. The Bertz CT molecular complexity index is 765. The summed E-state index contributed by atoms with van der Waals surface area (Å²) in [5.74, 6) is -1.54. The standard InChI is InChI=1S/C19H17NO4/c1-12(19(23)24-13(2)14-8-4-3-5-9-14)20-17(21)15-10-6-7-11-16(15)18(20)22/h3-13H,1-2H3/t12-,13-/m0/s1. The monoisotopic (exact) mass is 323 g/mol. The maximum absolute atomic E-state index is 12.4. The van der Waals surface area contributed by atoms with E-state index >= 15 is 0 Å². The second kappa shape index (κ2) is 6.28. The third kappa shape index (κ3) is 2.69. The average molecular weight is 323 g/mol. The number of carbonyl (C=O) groups is 3. The Morgan fingerprint density at radius 1 is 0.875 bits per heavy atom. The van der Waals surface area contributed by atoms with Crippen LogP contribution < -0.4 is 0 Å². The number of esters is 1. The highest BCUT2D eigenvalue weighted by atomic mass is 16.5. The summed E-state index contributed by atoms with van der Waals surface area (Å²) in [6.07, 6.45) is -0.462. The normalized spacial score (nSPS) is 15.8. The minimum absolute atomic E-state index is 0.318. The molecule has 0 bridgehead atoms. The van der Waals surface area contributed by atoms with Gasteiger partial charge in [0, 0.05) is 0 Å². The van der Waals surface area contributed by atoms with Crippen LogP contribution in [-0.2, 0) is 9.53 Å². The van der Waals surface area contributed by atoms with Gasteiger partial charge in [0.05, 0.1) is 11.1 Å². The molecule has 5 heteroatoms. The smallest absolute Gasteiger partial charge is 0.329 e. The van der Waals surface area contributed by atoms with E-state index in [1.165, 1.54) is 6.92 Å². The first-order valence-corrected chi connectivity index (χ1v) is 7.73. The molecule has 122 valence electrons. The first-order chi connectivity index (χ1) is 11.5. The van der Waals surface area contributed by atoms with Crippen molar-refractivity contribution in [1.82, 2.24) is 4.90 Å². The van der Waals surface area contributed by atoms with Crippen LogP contribution in [0.4, 0.5) is 0 Å². The van der Waals surface area contributed by atoms with Gasteiger partial charge in [-0.05, 0) is 31.5 Å². The van der Waals surface area contributed by atoms with E-state index in [1.807, 2.05) is 30.3 Å². The molecule has 0 saturated carbocycles. The van der Waals surface area contributed by atoms with Crippen LogP contribution in [0.25, 0.3) is 0 Å². The lowest BCUT2D eigenvalue weighted by Crippen LogP contribution is -2.43. The van der Waals surface area contributed by atoms with E-state index in [9.17, 15) is 14.4 Å². The van der Waals surface area contributed by atoms with Crippen LogP contribution in [0.1, 0.15) is 46.2 Å². The quantitative estimate of drug-likeness (QED) is 0.641. The van der Waals surface area contributed by atoms with Crippen LogP contribution in [0.2, 0.25) is 0 Å². The molecule has 3 rings (SSSR count). The number of benzene rings is 2. The molecule has 2 amide bonds. The molecule has 2 aromatic carbocycles. The van der Waals surface area contributed by atoms with Crippen molar-refractivity contribution in [2.24, 2.45) is 0 Å². The molecular weight excluding hydrogens is 306 g/mol. The van der Waals surface area contributed by atoms with Crippen LogP contribution in [-0.4, -0.2) is 28.7 Å². The summed E-state index contributed by atoms with van der Waals surface area (Å²) in [6.45, 7) is 3.25. The molecule has 24 heavy (non-hydrogen) atoms. The van der Waals surface area contributed by atoms with Gasteiger partial charge in [0.2, 0.25) is 0 Å². The average Bonchev–Trinajstić information content (AvgIpc) is 2.86. The molecule has 2 atom stereocenters. The summed E-state index contributed by atoms with van der Waals surface area (Å²) < 4.78 is 5.42. The van der Waals surface area contributed by atoms with Gasteiger partial charge in [0.25, 0.3) is 11.8 Å². The van der Waals surface area contributed by atoms with Gasteiger partial charge in [0.1, 0.15) is 12.1 Å². The van der Waals surface area contributed by atoms with Crippen molar-refractivity contribution in [3.63, 3.8) is 0 Å². The van der Waals surface area contributed by atoms with Crippen molar-refractivity contribution in [2.45, 2.75) is 26.0 Å². The van der Waals surface area contributed by atoms with Crippen LogP contribution >= 0.6 is 0 Å². The fourth-order valence-corrected chi connectivity index (χ4v) is 2.73. The van der Waals surface area contributed by atoms with E-state index < -0.39 is 29.9 Å². The third-order valence-electron chi connectivity index (χ3n) is 4.12. The Kier molecular flexibility index (Phi) is 4.16. The summed E-state index contributed by atoms with van der Waals surface area (Å²) in [6, 6.07) is 14.8. The molecule has 5 nitrogen and oxygen atoms in total. The van der Waals surface area contributed by atoms with Crippen LogP contribution in [0.15, 0.2) is 54.6 Å². The zero-order valence-corrected chi connectivity index (χ0v) is 13.4. The molecule has 0 fully saturated rings. The molecule has 0 radical (unpaired) electrons. The van der Waals surface area contributed by atoms with Crippen molar-refractivity contribution >= 4 is 17.8 Å². The lowest BCUT2D eigenvalue weighted by molar-refractivity contribution is -0.152. The fourth-order valence-electron chi connectivity index (χ4n) is 2.73. The number of amides is 2. The zero-order valence-electron chi connectivity index (χ0n) is 13.4. The number of rotatable bonds is 4. The number of hydrogen-bond donors (Lipinski definition) is 0. The summed E-state index contributed by atoms with van der Waals surface area (Å²) >= 11 is 0. The molecule has 1 aliphatic rings. The Morgan fingerprint density at radius 3 is 1.92 bits per heavy atom. The molecule has 0 spiro atoms. The highest BCUT2D eigenvalue weighted by Gasteiger charge is 2.41. The minimum atomic E-state index is -0.983. The fraction of sp³-hybridized carbons (Fsp3) is 0.211. The lowest BCUT2D eigenvalue weighted by atomic mass is 10.1. The molecule has 1 aliphatic heterocycles. The summed E-state index contributed by atoms with van der Waals surface area (Å²) in [4.78, 5) is 38.2. The van der Waals surface area contributed by atoms with E-state index in [2.05, 4.69) is 0 Å². The predicted octanol–water partition coefficient (Wildman–Crippen LogP) is 2.98. The van der Waals surface area contributed by atoms with Crippen LogP contribution in [0, 0.1) is 0 Å². The minimum Gasteiger partial charge on any atom is -0.456 e. The number of imide groups is 1. The lowest BCUT2D eigenvalue weighted by Gasteiger charge is -2.23. The number of hydrogen-bond acceptors (Lipinski definition) is 4. The van der Waals surface area contributed by atoms with E-state index in [-0.39, 0.29) is 0 Å². The van der Waals surface area contributed by atoms with Crippen molar-refractivity contribution in [1.29, 1.82) is 0 Å². The molecule has 0 saturated heterocycles. The van der Waals surface area contributed by atoms with Gasteiger partial charge in [-0.15, -0.1) is 0 Å². The number of ether oxygens (including phenoxy) is 1. The Hall–Kier alpha value is -2.95. The summed E-state index contributed by atoms with van der Waals surface area (Å²) in [7, 11) is 0. The Morgan fingerprint density at radius 2 is 1.38 bits per heavy atom. The van der Waals surface area contributed by atoms with E-state index in [1.54, 1.807) is 31.2 Å². The molecule has 1 heterocycles. The van der Waals surface area contributed by atoms with Gasteiger partial charge in [0.15, 0.2) is 0 Å². The summed E-state index contributed by atoms with van der Waals surface area (Å²) in [5, 5.41) is 0. The number of fused-ring (bicyclic) bond motifs is 1. The second-order valence-electron chi connectivity index (χ2n) is 5.69. The topological polar surface area (TPSA) is 63.7 Å². The van der Waals surface area contributed by atoms with Gasteiger partial charge < -0.3 is 4.74 Å². The van der Waals surface area contributed by atoms with Gasteiger partial charge in [-0.25, -0.2) is 4.79 Å². The summed E-state index contributed by atoms with van der Waals surface area (Å²) in [5.41, 5.74) is 1.48. The van der Waals surface area contributed by atoms with Crippen molar-refractivity contribution in [3.8, 4) is 0 Å². The van der Waals surface area contributed by atoms with Gasteiger partial charge in [-0.3, -0.25) is 14.5 Å². The largest absolute Gasteiger partial charge is 0.456 e. The van der Waals surface area contributed by atoms with E-state index in [0.717, 1.165) is 10.5 Å². The first kappa shape index (κ1) is 15.9. The second-order valence-corrected chi connectivity index (χ2v) is 5.69. The first-order valence-electron chi connectivity index (χ1n) is 7.73. The molecule has 2 aromatic rings. The molecule has 0 unspecified atom stereocenters. The van der Waals surface area contributed by atoms with Crippen LogP contribution in [0.3, 0.4) is 0 Å². The van der Waals surface area contributed by atoms with Gasteiger partial charge >= 0.3 is 5.97 Å². The van der Waals surface area contributed by atoms with Crippen molar-refractivity contribution < 1.29 is 19.1 Å². The van der Waals surface area contributed by atoms with Gasteiger partial charge in [-0.1, -0.05) is 42.5 Å². The zero-order chi connectivity index (χ0) is 17.3. The van der Waals surface area contributed by atoms with E-state index in [4.69, 9.17) is 4.74 Å². The number of nitrogens with zero attached hydrogens (tertiary/aromatic N) is 1. The maximum atomic E-state index is 12.4. The Labute approximate surface area is 139 Å².